The fourth-order valence-corrected chi connectivity index (χ4v) is 1.71. The van der Waals surface area contributed by atoms with Gasteiger partial charge < -0.3 is 16.8 Å². The van der Waals surface area contributed by atoms with Crippen LogP contribution in [0.5, 0.6) is 0 Å². The number of rotatable bonds is 4. The van der Waals surface area contributed by atoms with E-state index >= 15 is 0 Å². The summed E-state index contributed by atoms with van der Waals surface area (Å²) in [6, 6.07) is 5.18. The van der Waals surface area contributed by atoms with Crippen LogP contribution in [-0.4, -0.2) is 11.4 Å². The molecule has 0 saturated carbocycles. The van der Waals surface area contributed by atoms with Gasteiger partial charge in [0.2, 0.25) is 5.91 Å². The van der Waals surface area contributed by atoms with E-state index in [0.717, 1.165) is 5.69 Å². The van der Waals surface area contributed by atoms with Crippen LogP contribution in [0.15, 0.2) is 18.2 Å². The summed E-state index contributed by atoms with van der Waals surface area (Å²) in [7, 11) is 0. The number of anilines is 2. The normalized spacial score (nSPS) is 11.2. The number of nitrogens with two attached hydrogens (primary N) is 2. The van der Waals surface area contributed by atoms with Gasteiger partial charge in [-0.05, 0) is 32.0 Å². The van der Waals surface area contributed by atoms with Gasteiger partial charge in [-0.1, -0.05) is 11.6 Å². The number of carbonyl (C=O) groups excluding carboxylic acids is 1. The molecule has 0 aromatic heterocycles. The van der Waals surface area contributed by atoms with Gasteiger partial charge in [0.1, 0.15) is 0 Å². The first-order chi connectivity index (χ1) is 7.30. The molecule has 4 nitrogen and oxygen atoms in total. The highest BCUT2D eigenvalue weighted by Gasteiger charge is 2.21. The number of halogens is 1. The summed E-state index contributed by atoms with van der Waals surface area (Å²) in [6.45, 7) is 3.76. The van der Waals surface area contributed by atoms with Crippen LogP contribution in [0.4, 0.5) is 11.4 Å². The van der Waals surface area contributed by atoms with Gasteiger partial charge in [-0.15, -0.1) is 0 Å². The Morgan fingerprint density at radius 2 is 2.12 bits per heavy atom. The average molecular weight is 242 g/mol. The number of nitrogen functional groups attached to an aromatic ring is 1. The van der Waals surface area contributed by atoms with E-state index in [4.69, 9.17) is 23.1 Å². The molecule has 88 valence electrons. The van der Waals surface area contributed by atoms with Crippen molar-refractivity contribution in [2.24, 2.45) is 5.73 Å². The molecular weight excluding hydrogens is 226 g/mol. The number of nitrogens with one attached hydrogen (secondary N) is 1. The fraction of sp³-hybridized carbons (Fsp3) is 0.364. The van der Waals surface area contributed by atoms with Crippen molar-refractivity contribution in [3.05, 3.63) is 23.2 Å². The molecule has 1 aromatic rings. The van der Waals surface area contributed by atoms with E-state index in [0.29, 0.717) is 10.7 Å². The number of amides is 1. The molecule has 1 amide bonds. The zero-order valence-corrected chi connectivity index (χ0v) is 10.1. The van der Waals surface area contributed by atoms with Gasteiger partial charge in [0, 0.05) is 17.6 Å². The van der Waals surface area contributed by atoms with Crippen molar-refractivity contribution in [2.75, 3.05) is 11.1 Å². The standard InChI is InChI=1S/C11H16ClN3O/c1-11(2,6-10(14)16)15-9-4-3-7(13)5-8(9)12/h3-5,15H,6,13H2,1-2H3,(H2,14,16). The molecule has 0 unspecified atom stereocenters. The zero-order valence-electron chi connectivity index (χ0n) is 9.38. The van der Waals surface area contributed by atoms with Gasteiger partial charge in [0.25, 0.3) is 0 Å². The third-order valence-corrected chi connectivity index (χ3v) is 2.40. The van der Waals surface area contributed by atoms with E-state index in [-0.39, 0.29) is 12.3 Å². The highest BCUT2D eigenvalue weighted by Crippen LogP contribution is 2.27. The van der Waals surface area contributed by atoms with Crippen LogP contribution in [0.1, 0.15) is 20.3 Å². The first-order valence-corrected chi connectivity index (χ1v) is 5.29. The summed E-state index contributed by atoms with van der Waals surface area (Å²) in [5, 5.41) is 3.68. The Kier molecular flexibility index (Phi) is 3.65. The van der Waals surface area contributed by atoms with Gasteiger partial charge in [-0.3, -0.25) is 4.79 Å². The zero-order chi connectivity index (χ0) is 12.3. The minimum absolute atomic E-state index is 0.230. The highest BCUT2D eigenvalue weighted by atomic mass is 35.5. The van der Waals surface area contributed by atoms with Crippen molar-refractivity contribution in [3.63, 3.8) is 0 Å². The number of carbonyl (C=O) groups is 1. The number of hydrogen-bond donors (Lipinski definition) is 3. The predicted octanol–water partition coefficient (Wildman–Crippen LogP) is 1.99. The number of benzene rings is 1. The molecule has 0 aliphatic rings. The molecule has 0 atom stereocenters. The van der Waals surface area contributed by atoms with Crippen molar-refractivity contribution in [1.29, 1.82) is 0 Å². The Morgan fingerprint density at radius 3 is 2.62 bits per heavy atom. The summed E-state index contributed by atoms with van der Waals surface area (Å²) < 4.78 is 0. The topological polar surface area (TPSA) is 81.1 Å². The second-order valence-corrected chi connectivity index (χ2v) is 4.80. The molecule has 1 aromatic carbocycles. The van der Waals surface area contributed by atoms with Crippen LogP contribution in [-0.2, 0) is 4.79 Å². The summed E-state index contributed by atoms with van der Waals surface area (Å²) >= 11 is 6.01. The molecule has 0 aliphatic carbocycles. The van der Waals surface area contributed by atoms with E-state index in [2.05, 4.69) is 5.32 Å². The third kappa shape index (κ3) is 3.62. The highest BCUT2D eigenvalue weighted by molar-refractivity contribution is 6.33. The van der Waals surface area contributed by atoms with Crippen LogP contribution in [0.25, 0.3) is 0 Å². The van der Waals surface area contributed by atoms with E-state index in [1.165, 1.54) is 0 Å². The molecule has 0 heterocycles. The minimum atomic E-state index is -0.439. The molecule has 16 heavy (non-hydrogen) atoms. The maximum absolute atomic E-state index is 10.9. The molecule has 0 fully saturated rings. The molecular formula is C11H16ClN3O. The maximum atomic E-state index is 10.9. The number of hydrogen-bond acceptors (Lipinski definition) is 3. The van der Waals surface area contributed by atoms with Gasteiger partial charge >= 0.3 is 0 Å². The summed E-state index contributed by atoms with van der Waals surface area (Å²) in [6.07, 6.45) is 0.230. The monoisotopic (exact) mass is 241 g/mol. The molecule has 0 radical (unpaired) electrons. The predicted molar refractivity (Wildman–Crippen MR) is 67.4 cm³/mol. The van der Waals surface area contributed by atoms with Crippen LogP contribution in [0.2, 0.25) is 5.02 Å². The second-order valence-electron chi connectivity index (χ2n) is 4.39. The van der Waals surface area contributed by atoms with E-state index < -0.39 is 5.54 Å². The Labute approximate surface area is 100.0 Å². The van der Waals surface area contributed by atoms with Crippen molar-refractivity contribution >= 4 is 28.9 Å². The van der Waals surface area contributed by atoms with Crippen LogP contribution < -0.4 is 16.8 Å². The fourth-order valence-electron chi connectivity index (χ4n) is 1.48. The Bertz CT molecular complexity index is 404. The molecule has 5 heteroatoms. The Balaban J connectivity index is 2.83. The molecule has 5 N–H and O–H groups in total. The van der Waals surface area contributed by atoms with E-state index in [1.54, 1.807) is 18.2 Å². The quantitative estimate of drug-likeness (QED) is 0.705. The molecule has 0 aliphatic heterocycles. The SMILES string of the molecule is CC(C)(CC(N)=O)Nc1ccc(N)cc1Cl. The average Bonchev–Trinajstić information content (AvgIpc) is 2.07. The lowest BCUT2D eigenvalue weighted by molar-refractivity contribution is -0.118. The summed E-state index contributed by atoms with van der Waals surface area (Å²) in [4.78, 5) is 10.9. The Hall–Kier alpha value is -1.42. The van der Waals surface area contributed by atoms with Crippen molar-refractivity contribution in [1.82, 2.24) is 0 Å². The van der Waals surface area contributed by atoms with E-state index in [1.807, 2.05) is 13.8 Å². The maximum Gasteiger partial charge on any atom is 0.219 e. The van der Waals surface area contributed by atoms with Crippen LogP contribution in [0, 0.1) is 0 Å². The van der Waals surface area contributed by atoms with E-state index in [9.17, 15) is 4.79 Å². The molecule has 0 bridgehead atoms. The van der Waals surface area contributed by atoms with Crippen molar-refractivity contribution in [2.45, 2.75) is 25.8 Å². The van der Waals surface area contributed by atoms with Crippen LogP contribution in [0.3, 0.4) is 0 Å². The lowest BCUT2D eigenvalue weighted by atomic mass is 10.00. The lowest BCUT2D eigenvalue weighted by Gasteiger charge is -2.26. The molecule has 0 spiro atoms. The van der Waals surface area contributed by atoms with Crippen molar-refractivity contribution < 1.29 is 4.79 Å². The number of primary amides is 1. The van der Waals surface area contributed by atoms with Gasteiger partial charge in [-0.2, -0.15) is 0 Å². The second kappa shape index (κ2) is 4.61. The smallest absolute Gasteiger partial charge is 0.219 e. The largest absolute Gasteiger partial charge is 0.399 e. The summed E-state index contributed by atoms with van der Waals surface area (Å²) in [5.41, 5.74) is 11.6. The van der Waals surface area contributed by atoms with Gasteiger partial charge in [0.05, 0.1) is 10.7 Å². The molecule has 0 saturated heterocycles. The van der Waals surface area contributed by atoms with Crippen LogP contribution >= 0.6 is 11.6 Å². The summed E-state index contributed by atoms with van der Waals surface area (Å²) in [5.74, 6) is -0.357. The minimum Gasteiger partial charge on any atom is -0.399 e. The van der Waals surface area contributed by atoms with Gasteiger partial charge in [-0.25, -0.2) is 0 Å². The first kappa shape index (κ1) is 12.6. The lowest BCUT2D eigenvalue weighted by Crippen LogP contribution is -2.36. The third-order valence-electron chi connectivity index (χ3n) is 2.08. The Morgan fingerprint density at radius 1 is 1.50 bits per heavy atom. The molecule has 1 rings (SSSR count). The van der Waals surface area contributed by atoms with Gasteiger partial charge in [0.15, 0.2) is 0 Å². The first-order valence-electron chi connectivity index (χ1n) is 4.92. The van der Waals surface area contributed by atoms with Crippen molar-refractivity contribution in [3.8, 4) is 0 Å².